The molecule has 0 aliphatic carbocycles. The minimum absolute atomic E-state index is 0.0349. The van der Waals surface area contributed by atoms with Gasteiger partial charge in [0.15, 0.2) is 6.29 Å². The van der Waals surface area contributed by atoms with E-state index in [1.54, 1.807) is 28.1 Å². The zero-order chi connectivity index (χ0) is 36.3. The summed E-state index contributed by atoms with van der Waals surface area (Å²) in [5.74, 6) is 0.915. The zero-order valence-corrected chi connectivity index (χ0v) is 29.9. The number of hydrogen-bond donors (Lipinski definition) is 4. The summed E-state index contributed by atoms with van der Waals surface area (Å²) >= 11 is 0. The SMILES string of the molecule is COc1ccc(C(OCCOC2OC(CO)C(OCCOP(=O)(O)C(C)C)C(O)C2NC(C)=O)(c2ccccc2)c2ccc(OC)cc2)cc1. The van der Waals surface area contributed by atoms with Crippen molar-refractivity contribution < 1.29 is 57.4 Å². The molecular formula is C36H48NO12P. The van der Waals surface area contributed by atoms with Crippen molar-refractivity contribution in [3.63, 3.8) is 0 Å². The number of nitrogens with one attached hydrogen (secondary N) is 1. The number of carbonyl (C=O) groups is 1. The molecule has 0 spiro atoms. The third-order valence-corrected chi connectivity index (χ3v) is 10.3. The first-order valence-electron chi connectivity index (χ1n) is 16.4. The highest BCUT2D eigenvalue weighted by molar-refractivity contribution is 7.53. The molecule has 1 aliphatic heterocycles. The summed E-state index contributed by atoms with van der Waals surface area (Å²) in [5, 5.41) is 24.1. The fraction of sp³-hybridized carbons (Fsp3) is 0.472. The van der Waals surface area contributed by atoms with Gasteiger partial charge in [0.1, 0.15) is 41.5 Å². The molecule has 274 valence electrons. The van der Waals surface area contributed by atoms with Crippen molar-refractivity contribution in [1.82, 2.24) is 5.32 Å². The second-order valence-corrected chi connectivity index (χ2v) is 14.4. The summed E-state index contributed by atoms with van der Waals surface area (Å²) in [4.78, 5) is 22.1. The Labute approximate surface area is 292 Å². The Balaban J connectivity index is 1.55. The number of hydrogen-bond acceptors (Lipinski definition) is 11. The van der Waals surface area contributed by atoms with E-state index in [1.165, 1.54) is 6.92 Å². The lowest BCUT2D eigenvalue weighted by molar-refractivity contribution is -0.281. The molecule has 4 N–H and O–H groups in total. The first kappa shape index (κ1) is 39.4. The van der Waals surface area contributed by atoms with E-state index in [4.69, 9.17) is 32.9 Å². The van der Waals surface area contributed by atoms with Crippen LogP contribution in [-0.4, -0.2) is 105 Å². The molecule has 3 aromatic rings. The lowest BCUT2D eigenvalue weighted by Gasteiger charge is -2.44. The predicted molar refractivity (Wildman–Crippen MR) is 184 cm³/mol. The number of carbonyl (C=O) groups excluding carboxylic acids is 1. The van der Waals surface area contributed by atoms with Gasteiger partial charge in [0, 0.05) is 6.92 Å². The van der Waals surface area contributed by atoms with Gasteiger partial charge in [-0.3, -0.25) is 9.36 Å². The molecule has 6 unspecified atom stereocenters. The minimum atomic E-state index is -3.83. The lowest BCUT2D eigenvalue weighted by atomic mass is 9.80. The minimum Gasteiger partial charge on any atom is -0.497 e. The topological polar surface area (TPSA) is 171 Å². The summed E-state index contributed by atoms with van der Waals surface area (Å²) in [6.45, 7) is 3.46. The molecule has 14 heteroatoms. The Bertz CT molecular complexity index is 1470. The van der Waals surface area contributed by atoms with Gasteiger partial charge in [-0.1, -0.05) is 68.4 Å². The van der Waals surface area contributed by atoms with Gasteiger partial charge in [0.2, 0.25) is 5.91 Å². The van der Waals surface area contributed by atoms with Gasteiger partial charge < -0.3 is 53.4 Å². The largest absolute Gasteiger partial charge is 0.497 e. The van der Waals surface area contributed by atoms with Gasteiger partial charge >= 0.3 is 7.60 Å². The highest BCUT2D eigenvalue weighted by Crippen LogP contribution is 2.47. The van der Waals surface area contributed by atoms with E-state index in [1.807, 2.05) is 78.9 Å². The average molecular weight is 718 g/mol. The molecule has 0 bridgehead atoms. The average Bonchev–Trinajstić information content (AvgIpc) is 3.12. The van der Waals surface area contributed by atoms with Crippen molar-refractivity contribution in [3.8, 4) is 11.5 Å². The summed E-state index contributed by atoms with van der Waals surface area (Å²) in [7, 11) is -0.631. The first-order valence-corrected chi connectivity index (χ1v) is 18.0. The van der Waals surface area contributed by atoms with E-state index < -0.39 is 62.0 Å². The predicted octanol–water partition coefficient (Wildman–Crippen LogP) is 3.61. The van der Waals surface area contributed by atoms with Crippen LogP contribution in [0.4, 0.5) is 0 Å². The van der Waals surface area contributed by atoms with Crippen LogP contribution in [0.1, 0.15) is 37.5 Å². The number of rotatable bonds is 18. The van der Waals surface area contributed by atoms with Crippen LogP contribution in [0.2, 0.25) is 0 Å². The van der Waals surface area contributed by atoms with Crippen molar-refractivity contribution in [1.29, 1.82) is 0 Å². The molecule has 6 atom stereocenters. The van der Waals surface area contributed by atoms with E-state index in [2.05, 4.69) is 5.32 Å². The molecule has 0 saturated carbocycles. The Hall–Kier alpha value is -3.36. The highest BCUT2D eigenvalue weighted by atomic mass is 31.2. The van der Waals surface area contributed by atoms with Gasteiger partial charge in [-0.25, -0.2) is 0 Å². The van der Waals surface area contributed by atoms with Crippen molar-refractivity contribution in [3.05, 3.63) is 95.6 Å². The lowest BCUT2D eigenvalue weighted by Crippen LogP contribution is -2.65. The van der Waals surface area contributed by atoms with Crippen molar-refractivity contribution in [2.75, 3.05) is 47.3 Å². The molecule has 3 aromatic carbocycles. The van der Waals surface area contributed by atoms with Crippen molar-refractivity contribution in [2.24, 2.45) is 0 Å². The number of amides is 1. The van der Waals surface area contributed by atoms with Gasteiger partial charge in [0.05, 0.1) is 52.9 Å². The third kappa shape index (κ3) is 9.49. The van der Waals surface area contributed by atoms with Gasteiger partial charge in [-0.2, -0.15) is 0 Å². The van der Waals surface area contributed by atoms with Gasteiger partial charge in [-0.05, 0) is 41.0 Å². The van der Waals surface area contributed by atoms with E-state index in [9.17, 15) is 24.5 Å². The fourth-order valence-corrected chi connectivity index (χ4v) is 6.37. The number of ether oxygens (including phenoxy) is 6. The normalized spacial score (nSPS) is 22.1. The van der Waals surface area contributed by atoms with E-state index in [0.717, 1.165) is 16.7 Å². The van der Waals surface area contributed by atoms with Crippen LogP contribution in [0.5, 0.6) is 11.5 Å². The summed E-state index contributed by atoms with van der Waals surface area (Å²) in [6, 6.07) is 23.8. The third-order valence-electron chi connectivity index (χ3n) is 8.40. The Morgan fingerprint density at radius 2 is 1.40 bits per heavy atom. The number of aliphatic hydroxyl groups is 2. The zero-order valence-electron chi connectivity index (χ0n) is 29.0. The number of methoxy groups -OCH3 is 2. The van der Waals surface area contributed by atoms with Gasteiger partial charge in [-0.15, -0.1) is 0 Å². The molecule has 1 aliphatic rings. The maximum absolute atomic E-state index is 12.2. The molecule has 4 rings (SSSR count). The molecule has 1 heterocycles. The van der Waals surface area contributed by atoms with Gasteiger partial charge in [0.25, 0.3) is 0 Å². The first-order chi connectivity index (χ1) is 24.0. The summed E-state index contributed by atoms with van der Waals surface area (Å²) < 4.78 is 52.7. The molecule has 50 heavy (non-hydrogen) atoms. The van der Waals surface area contributed by atoms with Crippen LogP contribution in [0.25, 0.3) is 0 Å². The van der Waals surface area contributed by atoms with Crippen LogP contribution in [0.3, 0.4) is 0 Å². The maximum Gasteiger partial charge on any atom is 0.330 e. The molecule has 13 nitrogen and oxygen atoms in total. The van der Waals surface area contributed by atoms with Crippen LogP contribution in [0, 0.1) is 0 Å². The molecule has 1 saturated heterocycles. The summed E-state index contributed by atoms with van der Waals surface area (Å²) in [6.07, 6.45) is -4.71. The number of benzene rings is 3. The smallest absolute Gasteiger partial charge is 0.330 e. The maximum atomic E-state index is 12.2. The fourth-order valence-electron chi connectivity index (χ4n) is 5.74. The Kier molecular flexibility index (Phi) is 14.4. The van der Waals surface area contributed by atoms with E-state index in [0.29, 0.717) is 11.5 Å². The Morgan fingerprint density at radius 1 is 0.860 bits per heavy atom. The van der Waals surface area contributed by atoms with Crippen LogP contribution < -0.4 is 14.8 Å². The molecule has 0 aromatic heterocycles. The van der Waals surface area contributed by atoms with Crippen LogP contribution in [-0.2, 0) is 38.4 Å². The Morgan fingerprint density at radius 3 is 1.90 bits per heavy atom. The summed E-state index contributed by atoms with van der Waals surface area (Å²) in [5.41, 5.74) is 0.796. The van der Waals surface area contributed by atoms with Crippen LogP contribution >= 0.6 is 7.60 Å². The highest BCUT2D eigenvalue weighted by Gasteiger charge is 2.47. The molecular weight excluding hydrogens is 669 g/mol. The van der Waals surface area contributed by atoms with Crippen molar-refractivity contribution in [2.45, 2.75) is 62.7 Å². The number of aliphatic hydroxyl groups excluding tert-OH is 2. The van der Waals surface area contributed by atoms with Crippen LogP contribution in [0.15, 0.2) is 78.9 Å². The molecule has 1 amide bonds. The molecule has 0 radical (unpaired) electrons. The van der Waals surface area contributed by atoms with E-state index >= 15 is 0 Å². The second-order valence-electron chi connectivity index (χ2n) is 12.0. The quantitative estimate of drug-likeness (QED) is 0.0858. The monoisotopic (exact) mass is 717 g/mol. The van der Waals surface area contributed by atoms with E-state index in [-0.39, 0.29) is 26.4 Å². The molecule has 1 fully saturated rings. The second kappa shape index (κ2) is 18.2. The van der Waals surface area contributed by atoms with Crippen molar-refractivity contribution >= 4 is 13.5 Å². The standard InChI is InChI=1S/C36H48NO12P/c1-24(2)50(41,42)48-22-20-45-34-31(23-38)49-35(32(33(34)40)37-25(3)39)46-19-21-47-36(26-9-7-6-8-10-26,27-11-15-29(43-4)16-12-27)28-13-17-30(44-5)18-14-28/h6-18,24,31-35,38,40H,19-23H2,1-5H3,(H,37,39)(H,41,42).